The SMILES string of the molecule is CC1CCCCN1C(=O)C1CCCC(CCN)C1. The van der Waals surface area contributed by atoms with E-state index in [2.05, 4.69) is 11.8 Å². The molecule has 2 N–H and O–H groups in total. The van der Waals surface area contributed by atoms with Crippen molar-refractivity contribution in [2.45, 2.75) is 64.3 Å². The maximum Gasteiger partial charge on any atom is 0.225 e. The Morgan fingerprint density at radius 1 is 1.22 bits per heavy atom. The lowest BCUT2D eigenvalue weighted by atomic mass is 9.79. The zero-order chi connectivity index (χ0) is 13.0. The molecule has 0 spiro atoms. The van der Waals surface area contributed by atoms with Gasteiger partial charge in [-0.1, -0.05) is 12.8 Å². The average Bonchev–Trinajstić information content (AvgIpc) is 2.39. The molecule has 104 valence electrons. The van der Waals surface area contributed by atoms with E-state index in [9.17, 15) is 4.79 Å². The van der Waals surface area contributed by atoms with E-state index >= 15 is 0 Å². The smallest absolute Gasteiger partial charge is 0.225 e. The first-order valence-corrected chi connectivity index (χ1v) is 7.73. The van der Waals surface area contributed by atoms with E-state index in [4.69, 9.17) is 5.73 Å². The fourth-order valence-corrected chi connectivity index (χ4v) is 3.67. The first-order valence-electron chi connectivity index (χ1n) is 7.73. The van der Waals surface area contributed by atoms with Crippen LogP contribution >= 0.6 is 0 Å². The van der Waals surface area contributed by atoms with Crippen molar-refractivity contribution in [1.82, 2.24) is 4.90 Å². The summed E-state index contributed by atoms with van der Waals surface area (Å²) in [5, 5.41) is 0. The highest BCUT2D eigenvalue weighted by Crippen LogP contribution is 2.33. The van der Waals surface area contributed by atoms with Crippen molar-refractivity contribution >= 4 is 5.91 Å². The van der Waals surface area contributed by atoms with Crippen LogP contribution in [0.4, 0.5) is 0 Å². The molecule has 2 aliphatic rings. The normalized spacial score (nSPS) is 33.4. The maximum atomic E-state index is 12.6. The van der Waals surface area contributed by atoms with Crippen LogP contribution in [0.5, 0.6) is 0 Å². The van der Waals surface area contributed by atoms with Gasteiger partial charge in [0.15, 0.2) is 0 Å². The molecule has 3 heteroatoms. The molecule has 3 nitrogen and oxygen atoms in total. The number of likely N-dealkylation sites (tertiary alicyclic amines) is 1. The Morgan fingerprint density at radius 3 is 2.78 bits per heavy atom. The second-order valence-electron chi connectivity index (χ2n) is 6.18. The van der Waals surface area contributed by atoms with Crippen molar-refractivity contribution in [3.8, 4) is 0 Å². The molecule has 2 fully saturated rings. The number of piperidine rings is 1. The van der Waals surface area contributed by atoms with E-state index in [0.717, 1.165) is 32.4 Å². The Bertz CT molecular complexity index is 278. The Morgan fingerprint density at radius 2 is 2.06 bits per heavy atom. The van der Waals surface area contributed by atoms with Gasteiger partial charge in [-0.15, -0.1) is 0 Å². The number of amides is 1. The van der Waals surface area contributed by atoms with E-state index in [-0.39, 0.29) is 5.92 Å². The minimum absolute atomic E-state index is 0.288. The molecule has 1 saturated heterocycles. The summed E-state index contributed by atoms with van der Waals surface area (Å²) < 4.78 is 0. The summed E-state index contributed by atoms with van der Waals surface area (Å²) in [4.78, 5) is 14.8. The third kappa shape index (κ3) is 3.25. The van der Waals surface area contributed by atoms with Gasteiger partial charge in [-0.3, -0.25) is 4.79 Å². The highest BCUT2D eigenvalue weighted by molar-refractivity contribution is 5.79. The molecule has 3 unspecified atom stereocenters. The summed E-state index contributed by atoms with van der Waals surface area (Å²) in [6.07, 6.45) is 9.42. The van der Waals surface area contributed by atoms with E-state index < -0.39 is 0 Å². The lowest BCUT2D eigenvalue weighted by Gasteiger charge is -2.38. The zero-order valence-electron chi connectivity index (χ0n) is 11.7. The van der Waals surface area contributed by atoms with Gasteiger partial charge in [0.25, 0.3) is 0 Å². The van der Waals surface area contributed by atoms with Gasteiger partial charge in [0.1, 0.15) is 0 Å². The summed E-state index contributed by atoms with van der Waals surface area (Å²) in [7, 11) is 0. The van der Waals surface area contributed by atoms with Gasteiger partial charge in [0.2, 0.25) is 5.91 Å². The van der Waals surface area contributed by atoms with Gasteiger partial charge < -0.3 is 10.6 Å². The minimum Gasteiger partial charge on any atom is -0.340 e. The molecule has 1 heterocycles. The molecule has 0 bridgehead atoms. The van der Waals surface area contributed by atoms with Crippen molar-refractivity contribution in [2.24, 2.45) is 17.6 Å². The summed E-state index contributed by atoms with van der Waals surface area (Å²) >= 11 is 0. The highest BCUT2D eigenvalue weighted by atomic mass is 16.2. The second-order valence-corrected chi connectivity index (χ2v) is 6.18. The van der Waals surface area contributed by atoms with Gasteiger partial charge in [0, 0.05) is 18.5 Å². The fraction of sp³-hybridized carbons (Fsp3) is 0.933. The number of nitrogens with two attached hydrogens (primary N) is 1. The third-order valence-corrected chi connectivity index (χ3v) is 4.79. The van der Waals surface area contributed by atoms with Crippen molar-refractivity contribution in [2.75, 3.05) is 13.1 Å². The molecule has 0 aromatic carbocycles. The van der Waals surface area contributed by atoms with E-state index in [1.807, 2.05) is 0 Å². The first kappa shape index (κ1) is 13.9. The molecule has 2 rings (SSSR count). The van der Waals surface area contributed by atoms with Gasteiger partial charge >= 0.3 is 0 Å². The van der Waals surface area contributed by atoms with Crippen LogP contribution in [0, 0.1) is 11.8 Å². The van der Waals surface area contributed by atoms with Gasteiger partial charge in [-0.05, 0) is 57.9 Å². The van der Waals surface area contributed by atoms with E-state index in [1.165, 1.54) is 32.1 Å². The maximum absolute atomic E-state index is 12.6. The summed E-state index contributed by atoms with van der Waals surface area (Å²) in [5.41, 5.74) is 5.65. The molecular formula is C15H28N2O. The predicted molar refractivity (Wildman–Crippen MR) is 74.1 cm³/mol. The first-order chi connectivity index (χ1) is 8.72. The average molecular weight is 252 g/mol. The van der Waals surface area contributed by atoms with Gasteiger partial charge in [0.05, 0.1) is 0 Å². The van der Waals surface area contributed by atoms with Crippen LogP contribution in [0.25, 0.3) is 0 Å². The zero-order valence-corrected chi connectivity index (χ0v) is 11.7. The van der Waals surface area contributed by atoms with Crippen molar-refractivity contribution < 1.29 is 4.79 Å². The largest absolute Gasteiger partial charge is 0.340 e. The second kappa shape index (κ2) is 6.55. The van der Waals surface area contributed by atoms with Crippen LogP contribution in [0.3, 0.4) is 0 Å². The standard InChI is InChI=1S/C15H28N2O/c1-12-5-2-3-10-17(12)15(18)14-7-4-6-13(11-14)8-9-16/h12-14H,2-11,16H2,1H3. The summed E-state index contributed by atoms with van der Waals surface area (Å²) in [5.74, 6) is 1.41. The minimum atomic E-state index is 0.288. The number of nitrogens with zero attached hydrogens (tertiary/aromatic N) is 1. The Labute approximate surface area is 111 Å². The topological polar surface area (TPSA) is 46.3 Å². The quantitative estimate of drug-likeness (QED) is 0.839. The van der Waals surface area contributed by atoms with Gasteiger partial charge in [-0.25, -0.2) is 0 Å². The molecule has 1 aliphatic carbocycles. The molecule has 0 aromatic rings. The molecule has 1 saturated carbocycles. The van der Waals surface area contributed by atoms with Crippen LogP contribution in [0.2, 0.25) is 0 Å². The van der Waals surface area contributed by atoms with Crippen LogP contribution in [-0.4, -0.2) is 29.9 Å². The van der Waals surface area contributed by atoms with Crippen molar-refractivity contribution in [3.05, 3.63) is 0 Å². The van der Waals surface area contributed by atoms with Crippen LogP contribution in [0.15, 0.2) is 0 Å². The fourth-order valence-electron chi connectivity index (χ4n) is 3.67. The predicted octanol–water partition coefficient (Wildman–Crippen LogP) is 2.54. The molecule has 1 aliphatic heterocycles. The van der Waals surface area contributed by atoms with Crippen LogP contribution in [-0.2, 0) is 4.79 Å². The van der Waals surface area contributed by atoms with Crippen LogP contribution < -0.4 is 5.73 Å². The van der Waals surface area contributed by atoms with Crippen molar-refractivity contribution in [3.63, 3.8) is 0 Å². The third-order valence-electron chi connectivity index (χ3n) is 4.79. The Hall–Kier alpha value is -0.570. The Kier molecular flexibility index (Phi) is 5.04. The molecule has 0 radical (unpaired) electrons. The van der Waals surface area contributed by atoms with E-state index in [1.54, 1.807) is 0 Å². The van der Waals surface area contributed by atoms with Gasteiger partial charge in [-0.2, -0.15) is 0 Å². The van der Waals surface area contributed by atoms with Crippen LogP contribution in [0.1, 0.15) is 58.3 Å². The molecule has 3 atom stereocenters. The molecule has 1 amide bonds. The lowest BCUT2D eigenvalue weighted by Crippen LogP contribution is -2.46. The highest BCUT2D eigenvalue weighted by Gasteiger charge is 2.32. The lowest BCUT2D eigenvalue weighted by molar-refractivity contribution is -0.140. The number of hydrogen-bond acceptors (Lipinski definition) is 2. The summed E-state index contributed by atoms with van der Waals surface area (Å²) in [6, 6.07) is 0.459. The molecular weight excluding hydrogens is 224 g/mol. The number of carbonyl (C=O) groups is 1. The number of carbonyl (C=O) groups excluding carboxylic acids is 1. The summed E-state index contributed by atoms with van der Waals surface area (Å²) in [6.45, 7) is 3.96. The number of hydrogen-bond donors (Lipinski definition) is 1. The van der Waals surface area contributed by atoms with Crippen molar-refractivity contribution in [1.29, 1.82) is 0 Å². The number of rotatable bonds is 3. The molecule has 0 aromatic heterocycles. The molecule has 18 heavy (non-hydrogen) atoms. The van der Waals surface area contributed by atoms with E-state index in [0.29, 0.717) is 17.9 Å². The Balaban J connectivity index is 1.91. The monoisotopic (exact) mass is 252 g/mol.